The molecule has 2 heterocycles. The van der Waals surface area contributed by atoms with Crippen LogP contribution in [-0.2, 0) is 16.1 Å². The van der Waals surface area contributed by atoms with Gasteiger partial charge in [-0.1, -0.05) is 73.9 Å². The highest BCUT2D eigenvalue weighted by Crippen LogP contribution is 2.38. The van der Waals surface area contributed by atoms with E-state index in [0.29, 0.717) is 24.9 Å². The predicted octanol–water partition coefficient (Wildman–Crippen LogP) is 4.10. The van der Waals surface area contributed by atoms with Crippen LogP contribution in [0.25, 0.3) is 21.5 Å². The zero-order valence-corrected chi connectivity index (χ0v) is 23.3. The van der Waals surface area contributed by atoms with Gasteiger partial charge >= 0.3 is 0 Å². The van der Waals surface area contributed by atoms with Gasteiger partial charge < -0.3 is 21.7 Å². The summed E-state index contributed by atoms with van der Waals surface area (Å²) in [6.45, 7) is 1.11. The Kier molecular flexibility index (Phi) is 7.85. The van der Waals surface area contributed by atoms with Crippen molar-refractivity contribution in [3.05, 3.63) is 84.1 Å². The molecule has 0 spiro atoms. The van der Waals surface area contributed by atoms with E-state index in [1.54, 1.807) is 6.20 Å². The van der Waals surface area contributed by atoms with E-state index in [9.17, 15) is 9.59 Å². The molecule has 1 aliphatic heterocycles. The maximum Gasteiger partial charge on any atom is 0.261 e. The van der Waals surface area contributed by atoms with Crippen molar-refractivity contribution in [2.75, 3.05) is 18.8 Å². The number of nitrogen functional groups attached to an aromatic ring is 1. The average molecular weight is 551 g/mol. The molecule has 2 amide bonds. The first kappa shape index (κ1) is 27.2. The maximum absolute atomic E-state index is 14.2. The van der Waals surface area contributed by atoms with Gasteiger partial charge in [0.2, 0.25) is 5.91 Å². The van der Waals surface area contributed by atoms with Crippen molar-refractivity contribution >= 4 is 39.2 Å². The highest BCUT2D eigenvalue weighted by Gasteiger charge is 2.51. The van der Waals surface area contributed by atoms with Gasteiger partial charge in [-0.05, 0) is 65.2 Å². The van der Waals surface area contributed by atoms with Crippen LogP contribution >= 0.6 is 0 Å². The van der Waals surface area contributed by atoms with Crippen LogP contribution in [0.4, 0.5) is 5.82 Å². The Morgan fingerprint density at radius 1 is 0.927 bits per heavy atom. The van der Waals surface area contributed by atoms with E-state index in [0.717, 1.165) is 51.9 Å². The lowest BCUT2D eigenvalue weighted by molar-refractivity contribution is -0.135. The zero-order chi connectivity index (χ0) is 28.2. The van der Waals surface area contributed by atoms with Crippen molar-refractivity contribution in [1.82, 2.24) is 26.3 Å². The lowest BCUT2D eigenvalue weighted by atomic mass is 9.83. The van der Waals surface area contributed by atoms with E-state index in [2.05, 4.69) is 50.5 Å². The maximum atomic E-state index is 14.2. The highest BCUT2D eigenvalue weighted by atomic mass is 16.2. The van der Waals surface area contributed by atoms with Gasteiger partial charge in [0.25, 0.3) is 5.91 Å². The number of nitrogens with two attached hydrogens (primary N) is 1. The number of nitrogens with one attached hydrogen (secondary N) is 4. The Morgan fingerprint density at radius 2 is 1.76 bits per heavy atom. The normalized spacial score (nSPS) is 21.2. The number of rotatable bonds is 8. The Balaban J connectivity index is 1.27. The first-order chi connectivity index (χ1) is 20.0. The second-order valence-electron chi connectivity index (χ2n) is 11.3. The van der Waals surface area contributed by atoms with Crippen molar-refractivity contribution in [1.29, 1.82) is 0 Å². The fourth-order valence-electron chi connectivity index (χ4n) is 6.61. The van der Waals surface area contributed by atoms with Crippen molar-refractivity contribution in [3.63, 3.8) is 0 Å². The minimum absolute atomic E-state index is 0.181. The topological polar surface area (TPSA) is 121 Å². The number of anilines is 1. The van der Waals surface area contributed by atoms with Gasteiger partial charge in [0.1, 0.15) is 5.82 Å². The molecule has 8 nitrogen and oxygen atoms in total. The molecule has 6 N–H and O–H groups in total. The third-order valence-electron chi connectivity index (χ3n) is 8.72. The number of fused-ring (bicyclic) bond motifs is 2. The minimum Gasteiger partial charge on any atom is -0.383 e. The second-order valence-corrected chi connectivity index (χ2v) is 11.3. The molecule has 4 aromatic rings. The SMILES string of the molecule is Nc1nccc2cc(CNC(=O)[C@]3(NC(=O)CNC4CCCCC4)NCCC3c3cccc4ccccc34)ccc12. The lowest BCUT2D eigenvalue weighted by Gasteiger charge is -2.36. The van der Waals surface area contributed by atoms with Gasteiger partial charge in [0.05, 0.1) is 6.54 Å². The largest absolute Gasteiger partial charge is 0.383 e. The molecule has 1 saturated carbocycles. The average Bonchev–Trinajstić information content (AvgIpc) is 3.43. The predicted molar refractivity (Wildman–Crippen MR) is 163 cm³/mol. The van der Waals surface area contributed by atoms with Crippen molar-refractivity contribution in [2.24, 2.45) is 0 Å². The molecule has 1 unspecified atom stereocenters. The standard InChI is InChI=1S/C33H38N6O2/c34-31-27-14-13-22(19-24(27)15-17-35-31)20-37-32(41)33(39-30(40)21-36-25-9-2-1-3-10-25)29(16-18-38-33)28-12-6-8-23-7-4-5-11-26(23)28/h4-8,11-15,17,19,25,29,36,38H,1-3,9-10,16,18,20-21H2,(H2,34,35)(H,37,41)(H,39,40)/t29?,33-/m0/s1. The van der Waals surface area contributed by atoms with E-state index in [4.69, 9.17) is 5.73 Å². The zero-order valence-electron chi connectivity index (χ0n) is 23.3. The summed E-state index contributed by atoms with van der Waals surface area (Å²) in [7, 11) is 0. The summed E-state index contributed by atoms with van der Waals surface area (Å²) < 4.78 is 0. The molecule has 212 valence electrons. The van der Waals surface area contributed by atoms with Crippen LogP contribution in [0.3, 0.4) is 0 Å². The number of aromatic nitrogens is 1. The van der Waals surface area contributed by atoms with Crippen LogP contribution in [0, 0.1) is 0 Å². The van der Waals surface area contributed by atoms with Crippen LogP contribution in [0.1, 0.15) is 55.6 Å². The summed E-state index contributed by atoms with van der Waals surface area (Å²) in [5, 5.41) is 17.2. The number of amides is 2. The number of carbonyl (C=O) groups is 2. The molecule has 1 saturated heterocycles. The third-order valence-corrected chi connectivity index (χ3v) is 8.72. The van der Waals surface area contributed by atoms with Crippen LogP contribution in [-0.4, -0.2) is 41.6 Å². The first-order valence-electron chi connectivity index (χ1n) is 14.7. The smallest absolute Gasteiger partial charge is 0.261 e. The molecule has 6 rings (SSSR count). The Bertz CT molecular complexity index is 1560. The molecule has 2 fully saturated rings. The van der Waals surface area contributed by atoms with E-state index >= 15 is 0 Å². The van der Waals surface area contributed by atoms with Gasteiger partial charge in [0.15, 0.2) is 5.66 Å². The quantitative estimate of drug-likeness (QED) is 0.225. The number of nitrogens with zero attached hydrogens (tertiary/aromatic N) is 1. The Labute approximate surface area is 240 Å². The van der Waals surface area contributed by atoms with Crippen LogP contribution in [0.5, 0.6) is 0 Å². The summed E-state index contributed by atoms with van der Waals surface area (Å²) in [4.78, 5) is 31.8. The summed E-state index contributed by atoms with van der Waals surface area (Å²) in [6, 6.07) is 22.5. The van der Waals surface area contributed by atoms with Gasteiger partial charge in [-0.15, -0.1) is 0 Å². The molecule has 3 aromatic carbocycles. The molecule has 0 bridgehead atoms. The Morgan fingerprint density at radius 3 is 2.63 bits per heavy atom. The minimum atomic E-state index is -1.28. The summed E-state index contributed by atoms with van der Waals surface area (Å²) in [5.41, 5.74) is 6.74. The second kappa shape index (κ2) is 11.8. The molecule has 2 aliphatic rings. The molecule has 2 atom stereocenters. The monoisotopic (exact) mass is 550 g/mol. The Hall–Kier alpha value is -4.01. The van der Waals surface area contributed by atoms with E-state index < -0.39 is 5.66 Å². The van der Waals surface area contributed by atoms with Crippen molar-refractivity contribution in [3.8, 4) is 0 Å². The van der Waals surface area contributed by atoms with Gasteiger partial charge in [-0.2, -0.15) is 0 Å². The molecule has 41 heavy (non-hydrogen) atoms. The van der Waals surface area contributed by atoms with Gasteiger partial charge in [-0.25, -0.2) is 4.98 Å². The van der Waals surface area contributed by atoms with Crippen molar-refractivity contribution < 1.29 is 9.59 Å². The molecular weight excluding hydrogens is 512 g/mol. The van der Waals surface area contributed by atoms with Gasteiger partial charge in [0, 0.05) is 30.1 Å². The molecule has 8 heteroatoms. The van der Waals surface area contributed by atoms with Crippen LogP contribution in [0.15, 0.2) is 72.9 Å². The molecular formula is C33H38N6O2. The van der Waals surface area contributed by atoms with Crippen LogP contribution in [0.2, 0.25) is 0 Å². The van der Waals surface area contributed by atoms with Crippen molar-refractivity contribution in [2.45, 2.75) is 62.7 Å². The number of hydrogen-bond donors (Lipinski definition) is 5. The number of hydrogen-bond acceptors (Lipinski definition) is 6. The fraction of sp³-hybridized carbons (Fsp3) is 0.364. The summed E-state index contributed by atoms with van der Waals surface area (Å²) in [6.07, 6.45) is 8.21. The molecule has 1 aromatic heterocycles. The van der Waals surface area contributed by atoms with E-state index in [1.165, 1.54) is 19.3 Å². The third kappa shape index (κ3) is 5.62. The van der Waals surface area contributed by atoms with Crippen LogP contribution < -0.4 is 27.0 Å². The van der Waals surface area contributed by atoms with E-state index in [-0.39, 0.29) is 24.3 Å². The van der Waals surface area contributed by atoms with Gasteiger partial charge in [-0.3, -0.25) is 14.9 Å². The molecule has 1 aliphatic carbocycles. The number of benzene rings is 3. The lowest BCUT2D eigenvalue weighted by Crippen LogP contribution is -2.67. The van der Waals surface area contributed by atoms with E-state index in [1.807, 2.05) is 42.5 Å². The first-order valence-corrected chi connectivity index (χ1v) is 14.7. The number of pyridine rings is 1. The summed E-state index contributed by atoms with van der Waals surface area (Å²) in [5.74, 6) is -0.184. The molecule has 0 radical (unpaired) electrons. The highest BCUT2D eigenvalue weighted by molar-refractivity contribution is 5.95. The number of carbonyl (C=O) groups excluding carboxylic acids is 2. The fourth-order valence-corrected chi connectivity index (χ4v) is 6.61. The summed E-state index contributed by atoms with van der Waals surface area (Å²) >= 11 is 0.